The molecule has 2 fully saturated rings. The van der Waals surface area contributed by atoms with Gasteiger partial charge in [0.2, 0.25) is 10.0 Å². The molecule has 2 aromatic rings. The largest absolute Gasteiger partial charge is 0.393 e. The maximum Gasteiger partial charge on any atom is 0.243 e. The Bertz CT molecular complexity index is 1140. The van der Waals surface area contributed by atoms with Crippen molar-refractivity contribution < 1.29 is 13.5 Å². The number of nitrogens with zero attached hydrogens (tertiary/aromatic N) is 1. The van der Waals surface area contributed by atoms with E-state index >= 15 is 0 Å². The first kappa shape index (κ1) is 23.0. The normalized spacial score (nSPS) is 26.2. The van der Waals surface area contributed by atoms with Crippen molar-refractivity contribution in [2.24, 2.45) is 16.7 Å². The minimum Gasteiger partial charge on any atom is -0.393 e. The first-order valence-corrected chi connectivity index (χ1v) is 12.8. The van der Waals surface area contributed by atoms with E-state index in [-0.39, 0.29) is 29.4 Å². The van der Waals surface area contributed by atoms with Crippen molar-refractivity contribution in [1.29, 1.82) is 0 Å². The zero-order chi connectivity index (χ0) is 23.1. The predicted molar refractivity (Wildman–Crippen MR) is 128 cm³/mol. The summed E-state index contributed by atoms with van der Waals surface area (Å²) in [6.45, 7) is 8.84. The highest BCUT2D eigenvalue weighted by molar-refractivity contribution is 7.89. The zero-order valence-electron chi connectivity index (χ0n) is 19.4. The van der Waals surface area contributed by atoms with Crippen LogP contribution in [-0.2, 0) is 10.0 Å². The SMILES string of the molecule is Cc1ccc(C#CCN(C[C@@]23C[C@@H]2[C@H](O)CC(C)(C)C3)S(=O)(=O)c2ccc(C)cc2)cc1. The van der Waals surface area contributed by atoms with E-state index < -0.39 is 10.0 Å². The molecule has 3 atom stereocenters. The van der Waals surface area contributed by atoms with Crippen molar-refractivity contribution >= 4 is 10.0 Å². The number of hydrogen-bond acceptors (Lipinski definition) is 3. The summed E-state index contributed by atoms with van der Waals surface area (Å²) in [5.41, 5.74) is 2.90. The van der Waals surface area contributed by atoms with Gasteiger partial charge in [-0.1, -0.05) is 61.1 Å². The minimum absolute atomic E-state index is 0.000710. The van der Waals surface area contributed by atoms with Crippen LogP contribution in [0.1, 0.15) is 49.8 Å². The molecule has 2 saturated carbocycles. The number of aliphatic hydroxyl groups excluding tert-OH is 1. The Labute approximate surface area is 192 Å². The molecule has 0 unspecified atom stereocenters. The summed E-state index contributed by atoms with van der Waals surface area (Å²) in [6.07, 6.45) is 2.22. The number of hydrogen-bond donors (Lipinski definition) is 1. The lowest BCUT2D eigenvalue weighted by Crippen LogP contribution is -2.42. The number of rotatable bonds is 5. The summed E-state index contributed by atoms with van der Waals surface area (Å²) in [7, 11) is -3.70. The van der Waals surface area contributed by atoms with Gasteiger partial charge in [-0.3, -0.25) is 0 Å². The Kier molecular flexibility index (Phi) is 6.00. The monoisotopic (exact) mass is 451 g/mol. The van der Waals surface area contributed by atoms with Crippen LogP contribution in [0.3, 0.4) is 0 Å². The van der Waals surface area contributed by atoms with E-state index in [9.17, 15) is 13.5 Å². The van der Waals surface area contributed by atoms with Gasteiger partial charge < -0.3 is 5.11 Å². The predicted octanol–water partition coefficient (Wildman–Crippen LogP) is 4.53. The van der Waals surface area contributed by atoms with Crippen LogP contribution in [0.15, 0.2) is 53.4 Å². The molecule has 0 bridgehead atoms. The number of sulfonamides is 1. The smallest absolute Gasteiger partial charge is 0.243 e. The molecule has 4 nitrogen and oxygen atoms in total. The molecule has 170 valence electrons. The third kappa shape index (κ3) is 4.78. The van der Waals surface area contributed by atoms with Gasteiger partial charge in [0.15, 0.2) is 0 Å². The van der Waals surface area contributed by atoms with Crippen molar-refractivity contribution in [2.75, 3.05) is 13.1 Å². The van der Waals surface area contributed by atoms with E-state index in [2.05, 4.69) is 25.7 Å². The summed E-state index contributed by atoms with van der Waals surface area (Å²) in [4.78, 5) is 0.296. The minimum atomic E-state index is -3.70. The lowest BCUT2D eigenvalue weighted by atomic mass is 9.70. The Morgan fingerprint density at radius 2 is 1.59 bits per heavy atom. The van der Waals surface area contributed by atoms with Gasteiger partial charge in [0, 0.05) is 12.1 Å². The van der Waals surface area contributed by atoms with Gasteiger partial charge in [-0.25, -0.2) is 8.42 Å². The molecule has 0 spiro atoms. The molecule has 0 saturated heterocycles. The molecule has 0 amide bonds. The molecule has 32 heavy (non-hydrogen) atoms. The Balaban J connectivity index is 1.63. The second-order valence-electron chi connectivity index (χ2n) is 10.5. The zero-order valence-corrected chi connectivity index (χ0v) is 20.2. The Hall–Kier alpha value is -2.13. The number of fused-ring (bicyclic) bond motifs is 1. The van der Waals surface area contributed by atoms with Crippen molar-refractivity contribution in [3.8, 4) is 11.8 Å². The van der Waals surface area contributed by atoms with Crippen LogP contribution in [0, 0.1) is 42.4 Å². The fourth-order valence-corrected chi connectivity index (χ4v) is 6.84. The second kappa shape index (κ2) is 8.33. The van der Waals surface area contributed by atoms with Crippen molar-refractivity contribution in [2.45, 2.75) is 58.0 Å². The molecule has 1 N–H and O–H groups in total. The van der Waals surface area contributed by atoms with Gasteiger partial charge >= 0.3 is 0 Å². The van der Waals surface area contributed by atoms with E-state index in [1.807, 2.05) is 50.2 Å². The number of benzene rings is 2. The van der Waals surface area contributed by atoms with Crippen LogP contribution in [0.2, 0.25) is 0 Å². The molecule has 2 aliphatic carbocycles. The lowest BCUT2D eigenvalue weighted by Gasteiger charge is -2.39. The molecule has 0 aliphatic heterocycles. The molecule has 2 aliphatic rings. The van der Waals surface area contributed by atoms with Crippen molar-refractivity contribution in [3.05, 3.63) is 65.2 Å². The highest BCUT2D eigenvalue weighted by Crippen LogP contribution is 2.65. The third-order valence-electron chi connectivity index (χ3n) is 7.00. The van der Waals surface area contributed by atoms with Crippen LogP contribution >= 0.6 is 0 Å². The van der Waals surface area contributed by atoms with Crippen LogP contribution in [-0.4, -0.2) is 37.0 Å². The highest BCUT2D eigenvalue weighted by Gasteiger charge is 2.63. The summed E-state index contributed by atoms with van der Waals surface area (Å²) in [5.74, 6) is 6.40. The van der Waals surface area contributed by atoms with E-state index in [0.717, 1.165) is 36.0 Å². The number of aryl methyl sites for hydroxylation is 2. The fraction of sp³-hybridized carbons (Fsp3) is 0.481. The van der Waals surface area contributed by atoms with Gasteiger partial charge in [-0.2, -0.15) is 4.31 Å². The van der Waals surface area contributed by atoms with Gasteiger partial charge in [0.05, 0.1) is 17.5 Å². The average molecular weight is 452 g/mol. The summed E-state index contributed by atoms with van der Waals surface area (Å²) >= 11 is 0. The first-order valence-electron chi connectivity index (χ1n) is 11.3. The molecule has 0 aromatic heterocycles. The van der Waals surface area contributed by atoms with Gasteiger partial charge in [-0.15, -0.1) is 0 Å². The van der Waals surface area contributed by atoms with Crippen molar-refractivity contribution in [1.82, 2.24) is 4.31 Å². The quantitative estimate of drug-likeness (QED) is 0.680. The highest BCUT2D eigenvalue weighted by atomic mass is 32.2. The van der Waals surface area contributed by atoms with E-state index in [4.69, 9.17) is 0 Å². The van der Waals surface area contributed by atoms with Crippen LogP contribution in [0.4, 0.5) is 0 Å². The van der Waals surface area contributed by atoms with E-state index in [0.29, 0.717) is 11.4 Å². The Morgan fingerprint density at radius 1 is 1.00 bits per heavy atom. The molecule has 0 heterocycles. The topological polar surface area (TPSA) is 57.6 Å². The standard InChI is InChI=1S/C27H33NO3S/c1-20-7-11-22(12-8-20)6-5-15-28(32(30,31)23-13-9-21(2)10-14-23)19-27-16-24(27)25(29)17-26(3,4)18-27/h7-14,24-25,29H,15-19H2,1-4H3/t24-,25-,27+/m1/s1. The van der Waals surface area contributed by atoms with Crippen molar-refractivity contribution in [3.63, 3.8) is 0 Å². The first-order chi connectivity index (χ1) is 15.0. The summed E-state index contributed by atoms with van der Waals surface area (Å²) in [5, 5.41) is 10.6. The summed E-state index contributed by atoms with van der Waals surface area (Å²) < 4.78 is 28.7. The summed E-state index contributed by atoms with van der Waals surface area (Å²) in [6, 6.07) is 14.9. The number of aliphatic hydroxyl groups is 1. The van der Waals surface area contributed by atoms with Crippen LogP contribution in [0.25, 0.3) is 0 Å². The van der Waals surface area contributed by atoms with Crippen LogP contribution < -0.4 is 0 Å². The van der Waals surface area contributed by atoms with Gasteiger partial charge in [0.25, 0.3) is 0 Å². The second-order valence-corrected chi connectivity index (χ2v) is 12.5. The lowest BCUT2D eigenvalue weighted by molar-refractivity contribution is 0.0236. The molecule has 5 heteroatoms. The molecular formula is C27H33NO3S. The molecule has 4 rings (SSSR count). The van der Waals surface area contributed by atoms with E-state index in [1.54, 1.807) is 12.1 Å². The molecule has 2 aromatic carbocycles. The average Bonchev–Trinajstić information content (AvgIpc) is 3.42. The maximum absolute atomic E-state index is 13.6. The molecule has 0 radical (unpaired) electrons. The Morgan fingerprint density at radius 3 is 2.22 bits per heavy atom. The molecular weight excluding hydrogens is 418 g/mol. The third-order valence-corrected chi connectivity index (χ3v) is 8.81. The fourth-order valence-electron chi connectivity index (χ4n) is 5.40. The van der Waals surface area contributed by atoms with Gasteiger partial charge in [-0.05, 0) is 74.1 Å². The van der Waals surface area contributed by atoms with Crippen LogP contribution in [0.5, 0.6) is 0 Å². The van der Waals surface area contributed by atoms with Gasteiger partial charge in [0.1, 0.15) is 0 Å². The van der Waals surface area contributed by atoms with E-state index in [1.165, 1.54) is 4.31 Å². The maximum atomic E-state index is 13.6.